The van der Waals surface area contributed by atoms with E-state index < -0.39 is 0 Å². The lowest BCUT2D eigenvalue weighted by Gasteiger charge is -2.14. The van der Waals surface area contributed by atoms with Gasteiger partial charge in [0.2, 0.25) is 5.91 Å². The van der Waals surface area contributed by atoms with Crippen LogP contribution in [0.1, 0.15) is 11.4 Å². The third-order valence-electron chi connectivity index (χ3n) is 3.72. The molecule has 3 aromatic rings. The van der Waals surface area contributed by atoms with Crippen molar-refractivity contribution >= 4 is 12.0 Å². The lowest BCUT2D eigenvalue weighted by atomic mass is 10.3. The highest BCUT2D eigenvalue weighted by atomic mass is 16.2. The Kier molecular flexibility index (Phi) is 4.56. The molecule has 0 aliphatic heterocycles. The maximum absolute atomic E-state index is 12.2. The fourth-order valence-corrected chi connectivity index (χ4v) is 2.28. The minimum Gasteiger partial charge on any atom is -0.337 e. The molecule has 6 nitrogen and oxygen atoms in total. The number of aryl methyl sites for hydroxylation is 1. The topological polar surface area (TPSA) is 56.0 Å². The van der Waals surface area contributed by atoms with Crippen molar-refractivity contribution in [2.24, 2.45) is 7.05 Å². The monoisotopic (exact) mass is 321 g/mol. The molecule has 6 heteroatoms. The Balaban J connectivity index is 1.64. The molecule has 1 amide bonds. The van der Waals surface area contributed by atoms with Gasteiger partial charge in [0.1, 0.15) is 5.82 Å². The van der Waals surface area contributed by atoms with Gasteiger partial charge in [-0.3, -0.25) is 4.79 Å². The molecule has 122 valence electrons. The van der Waals surface area contributed by atoms with Crippen LogP contribution in [0.4, 0.5) is 0 Å². The lowest BCUT2D eigenvalue weighted by molar-refractivity contribution is -0.125. The van der Waals surface area contributed by atoms with E-state index in [1.165, 1.54) is 0 Å². The van der Waals surface area contributed by atoms with E-state index in [2.05, 4.69) is 10.1 Å². The summed E-state index contributed by atoms with van der Waals surface area (Å²) in [5, 5.41) is 4.31. The van der Waals surface area contributed by atoms with Crippen molar-refractivity contribution < 1.29 is 4.79 Å². The Morgan fingerprint density at radius 2 is 2.08 bits per heavy atom. The van der Waals surface area contributed by atoms with Crippen molar-refractivity contribution in [2.45, 2.75) is 6.54 Å². The van der Waals surface area contributed by atoms with E-state index in [1.54, 1.807) is 41.2 Å². The van der Waals surface area contributed by atoms with E-state index >= 15 is 0 Å². The number of likely N-dealkylation sites (N-methyl/N-ethyl adjacent to an activating group) is 1. The Morgan fingerprint density at radius 1 is 1.29 bits per heavy atom. The average Bonchev–Trinajstić information content (AvgIpc) is 3.23. The summed E-state index contributed by atoms with van der Waals surface area (Å²) in [4.78, 5) is 18.1. The first-order valence-corrected chi connectivity index (χ1v) is 7.63. The zero-order chi connectivity index (χ0) is 16.9. The molecule has 0 spiro atoms. The van der Waals surface area contributed by atoms with Crippen LogP contribution in [-0.4, -0.2) is 37.2 Å². The van der Waals surface area contributed by atoms with Gasteiger partial charge in [0, 0.05) is 44.3 Å². The molecular weight excluding hydrogens is 302 g/mol. The normalized spacial score (nSPS) is 11.1. The Bertz CT molecular complexity index is 847. The van der Waals surface area contributed by atoms with Crippen LogP contribution in [0.5, 0.6) is 0 Å². The van der Waals surface area contributed by atoms with Crippen LogP contribution >= 0.6 is 0 Å². The van der Waals surface area contributed by atoms with Crippen molar-refractivity contribution in [3.8, 4) is 5.69 Å². The molecule has 1 aromatic carbocycles. The van der Waals surface area contributed by atoms with Gasteiger partial charge in [-0.15, -0.1) is 0 Å². The van der Waals surface area contributed by atoms with E-state index in [0.29, 0.717) is 6.54 Å². The number of carbonyl (C=O) groups excluding carboxylic acids is 1. The predicted molar refractivity (Wildman–Crippen MR) is 92.3 cm³/mol. The third kappa shape index (κ3) is 3.60. The largest absolute Gasteiger partial charge is 0.337 e. The summed E-state index contributed by atoms with van der Waals surface area (Å²) in [6, 6.07) is 9.84. The number of para-hydroxylation sites is 1. The smallest absolute Gasteiger partial charge is 0.246 e. The van der Waals surface area contributed by atoms with Gasteiger partial charge in [-0.1, -0.05) is 18.2 Å². The zero-order valence-corrected chi connectivity index (χ0v) is 13.7. The van der Waals surface area contributed by atoms with Gasteiger partial charge < -0.3 is 9.47 Å². The number of carbonyl (C=O) groups is 1. The highest BCUT2D eigenvalue weighted by molar-refractivity contribution is 5.91. The molecule has 2 heterocycles. The summed E-state index contributed by atoms with van der Waals surface area (Å²) in [5.74, 6) is 0.765. The van der Waals surface area contributed by atoms with Gasteiger partial charge in [-0.2, -0.15) is 5.10 Å². The van der Waals surface area contributed by atoms with Crippen molar-refractivity contribution in [1.29, 1.82) is 0 Å². The number of amides is 1. The highest BCUT2D eigenvalue weighted by Crippen LogP contribution is 2.09. The van der Waals surface area contributed by atoms with Crippen molar-refractivity contribution in [2.75, 3.05) is 7.05 Å². The molecule has 0 radical (unpaired) electrons. The number of imidazole rings is 1. The molecule has 0 fully saturated rings. The van der Waals surface area contributed by atoms with Crippen molar-refractivity contribution in [1.82, 2.24) is 24.2 Å². The fourth-order valence-electron chi connectivity index (χ4n) is 2.28. The van der Waals surface area contributed by atoms with E-state index in [0.717, 1.165) is 17.1 Å². The Morgan fingerprint density at radius 3 is 2.79 bits per heavy atom. The average molecular weight is 321 g/mol. The molecule has 0 aliphatic carbocycles. The number of benzene rings is 1. The molecule has 0 atom stereocenters. The second-order valence-electron chi connectivity index (χ2n) is 5.54. The SMILES string of the molecule is CN(Cc1nccn1C)C(=O)C=Cc1cnn(-c2ccccc2)c1. The second kappa shape index (κ2) is 6.95. The first-order chi connectivity index (χ1) is 11.6. The quantitative estimate of drug-likeness (QED) is 0.678. The number of aromatic nitrogens is 4. The first kappa shape index (κ1) is 15.7. The molecule has 0 saturated heterocycles. The Hall–Kier alpha value is -3.15. The van der Waals surface area contributed by atoms with Crippen LogP contribution < -0.4 is 0 Å². The van der Waals surface area contributed by atoms with Crippen LogP contribution in [-0.2, 0) is 18.4 Å². The minimum atomic E-state index is -0.0783. The van der Waals surface area contributed by atoms with Crippen LogP contribution in [0.25, 0.3) is 11.8 Å². The number of hydrogen-bond acceptors (Lipinski definition) is 3. The zero-order valence-electron chi connectivity index (χ0n) is 13.7. The predicted octanol–water partition coefficient (Wildman–Crippen LogP) is 2.28. The number of nitrogens with zero attached hydrogens (tertiary/aromatic N) is 5. The molecule has 0 bridgehead atoms. The molecule has 24 heavy (non-hydrogen) atoms. The van der Waals surface area contributed by atoms with Crippen LogP contribution in [0.2, 0.25) is 0 Å². The first-order valence-electron chi connectivity index (χ1n) is 7.63. The third-order valence-corrected chi connectivity index (χ3v) is 3.72. The van der Waals surface area contributed by atoms with Gasteiger partial charge in [0.15, 0.2) is 0 Å². The van der Waals surface area contributed by atoms with E-state index in [4.69, 9.17) is 0 Å². The summed E-state index contributed by atoms with van der Waals surface area (Å²) in [6.07, 6.45) is 10.5. The molecular formula is C18H19N5O. The van der Waals surface area contributed by atoms with Crippen LogP contribution in [0, 0.1) is 0 Å². The van der Waals surface area contributed by atoms with Gasteiger partial charge in [0.25, 0.3) is 0 Å². The lowest BCUT2D eigenvalue weighted by Crippen LogP contribution is -2.25. The van der Waals surface area contributed by atoms with Gasteiger partial charge in [0.05, 0.1) is 18.4 Å². The van der Waals surface area contributed by atoms with E-state index in [9.17, 15) is 4.79 Å². The molecule has 3 rings (SSSR count). The molecule has 2 aromatic heterocycles. The summed E-state index contributed by atoms with van der Waals surface area (Å²) >= 11 is 0. The summed E-state index contributed by atoms with van der Waals surface area (Å²) < 4.78 is 3.68. The van der Waals surface area contributed by atoms with E-state index in [1.807, 2.05) is 54.3 Å². The maximum atomic E-state index is 12.2. The summed E-state index contributed by atoms with van der Waals surface area (Å²) in [5.41, 5.74) is 1.85. The number of hydrogen-bond donors (Lipinski definition) is 0. The summed E-state index contributed by atoms with van der Waals surface area (Å²) in [7, 11) is 3.67. The van der Waals surface area contributed by atoms with Crippen molar-refractivity contribution in [3.05, 3.63) is 72.6 Å². The second-order valence-corrected chi connectivity index (χ2v) is 5.54. The molecule has 0 aliphatic rings. The van der Waals surface area contributed by atoms with Crippen molar-refractivity contribution in [3.63, 3.8) is 0 Å². The molecule has 0 saturated carbocycles. The summed E-state index contributed by atoms with van der Waals surface area (Å²) in [6.45, 7) is 0.468. The van der Waals surface area contributed by atoms with Crippen LogP contribution in [0.3, 0.4) is 0 Å². The van der Waals surface area contributed by atoms with Gasteiger partial charge >= 0.3 is 0 Å². The molecule has 0 unspecified atom stereocenters. The maximum Gasteiger partial charge on any atom is 0.246 e. The number of rotatable bonds is 5. The standard InChI is InChI=1S/C18H19N5O/c1-21-11-10-19-17(21)14-22(2)18(24)9-8-15-12-20-23(13-15)16-6-4-3-5-7-16/h3-13H,14H2,1-2H3. The fraction of sp³-hybridized carbons (Fsp3) is 0.167. The van der Waals surface area contributed by atoms with E-state index in [-0.39, 0.29) is 5.91 Å². The van der Waals surface area contributed by atoms with Gasteiger partial charge in [-0.25, -0.2) is 9.67 Å². The van der Waals surface area contributed by atoms with Gasteiger partial charge in [-0.05, 0) is 18.2 Å². The Labute approximate surface area is 140 Å². The minimum absolute atomic E-state index is 0.0783. The molecule has 0 N–H and O–H groups in total. The highest BCUT2D eigenvalue weighted by Gasteiger charge is 2.08. The van der Waals surface area contributed by atoms with Crippen LogP contribution in [0.15, 0.2) is 61.2 Å².